The molecule has 1 aromatic rings. The van der Waals surface area contributed by atoms with E-state index in [4.69, 9.17) is 0 Å². The summed E-state index contributed by atoms with van der Waals surface area (Å²) in [5.74, 6) is -1.75. The van der Waals surface area contributed by atoms with E-state index in [0.717, 1.165) is 37.2 Å². The first kappa shape index (κ1) is 27.0. The molecule has 1 aromatic carbocycles. The standard InChI is InChI=1S/C25H35NO6.H2O.2H2/c1-16(29)11-23(31)20(15-28)18(7-10-27)12-17-13-19-21(26-8-3-2-4-9-26)5-6-22(30)25(19)24(32)14-17;;;/h5-6,17-18,20,27-28,30H,2-4,7-15H2,1H3;1H2;2*1H. The van der Waals surface area contributed by atoms with Crippen LogP contribution in [0.5, 0.6) is 5.75 Å². The summed E-state index contributed by atoms with van der Waals surface area (Å²) in [7, 11) is 0. The summed E-state index contributed by atoms with van der Waals surface area (Å²) in [6.07, 6.45) is 4.84. The molecule has 8 nitrogen and oxygen atoms in total. The van der Waals surface area contributed by atoms with Gasteiger partial charge in [0.25, 0.3) is 0 Å². The molecule has 0 aromatic heterocycles. The highest BCUT2D eigenvalue weighted by atomic mass is 16.3. The van der Waals surface area contributed by atoms with Crippen molar-refractivity contribution in [3.63, 3.8) is 0 Å². The Morgan fingerprint density at radius 3 is 2.45 bits per heavy atom. The SMILES string of the molecule is CC(=O)CC(=O)C(CO)C(CCO)CC1CC(=O)c2c(O)ccc(N3CCCCC3)c2C1.O.[HH].[HH]. The number of carbonyl (C=O) groups is 3. The lowest BCUT2D eigenvalue weighted by atomic mass is 9.73. The molecule has 1 heterocycles. The van der Waals surface area contributed by atoms with E-state index in [1.165, 1.54) is 13.3 Å². The lowest BCUT2D eigenvalue weighted by molar-refractivity contribution is -0.131. The number of aromatic hydroxyl groups is 1. The first-order valence-electron chi connectivity index (χ1n) is 11.7. The third kappa shape index (κ3) is 6.40. The minimum absolute atomic E-state index is 0. The molecule has 3 unspecified atom stereocenters. The minimum Gasteiger partial charge on any atom is -0.507 e. The molecule has 5 N–H and O–H groups in total. The second kappa shape index (κ2) is 12.3. The van der Waals surface area contributed by atoms with Crippen molar-refractivity contribution in [2.75, 3.05) is 31.2 Å². The lowest BCUT2D eigenvalue weighted by Gasteiger charge is -2.35. The number of hydrogen-bond acceptors (Lipinski definition) is 7. The highest BCUT2D eigenvalue weighted by molar-refractivity contribution is 6.02. The molecule has 3 rings (SSSR count). The van der Waals surface area contributed by atoms with Crippen LogP contribution < -0.4 is 4.90 Å². The minimum atomic E-state index is -0.728. The maximum Gasteiger partial charge on any atom is 0.167 e. The summed E-state index contributed by atoms with van der Waals surface area (Å²) in [4.78, 5) is 39.3. The van der Waals surface area contributed by atoms with Crippen LogP contribution in [0, 0.1) is 17.8 Å². The zero-order valence-electron chi connectivity index (χ0n) is 19.4. The Hall–Kier alpha value is -2.29. The van der Waals surface area contributed by atoms with Crippen molar-refractivity contribution >= 4 is 23.0 Å². The predicted octanol–water partition coefficient (Wildman–Crippen LogP) is 2.34. The maximum atomic E-state index is 13.0. The third-order valence-corrected chi connectivity index (χ3v) is 6.95. The van der Waals surface area contributed by atoms with Gasteiger partial charge in [0.15, 0.2) is 5.78 Å². The number of anilines is 1. The van der Waals surface area contributed by atoms with Gasteiger partial charge in [-0.1, -0.05) is 0 Å². The van der Waals surface area contributed by atoms with Gasteiger partial charge < -0.3 is 25.7 Å². The van der Waals surface area contributed by atoms with Crippen LogP contribution >= 0.6 is 0 Å². The van der Waals surface area contributed by atoms with E-state index in [1.807, 2.05) is 6.07 Å². The molecule has 0 amide bonds. The van der Waals surface area contributed by atoms with Gasteiger partial charge in [0.2, 0.25) is 0 Å². The van der Waals surface area contributed by atoms with Crippen molar-refractivity contribution in [3.05, 3.63) is 23.3 Å². The molecule has 0 radical (unpaired) electrons. The van der Waals surface area contributed by atoms with Crippen LogP contribution in [0.3, 0.4) is 0 Å². The summed E-state index contributed by atoms with van der Waals surface area (Å²) >= 11 is 0. The molecule has 3 atom stereocenters. The van der Waals surface area contributed by atoms with Crippen LogP contribution in [0.25, 0.3) is 0 Å². The van der Waals surface area contributed by atoms with Crippen LogP contribution in [-0.2, 0) is 16.0 Å². The number of fused-ring (bicyclic) bond motifs is 1. The number of benzene rings is 1. The Bertz CT molecular complexity index is 858. The van der Waals surface area contributed by atoms with E-state index >= 15 is 0 Å². The molecule has 1 fully saturated rings. The summed E-state index contributed by atoms with van der Waals surface area (Å²) < 4.78 is 0. The number of ketones is 3. The monoisotopic (exact) mass is 467 g/mol. The number of Topliss-reactive ketones (excluding diaryl/α,β-unsaturated/α-hetero) is 3. The van der Waals surface area contributed by atoms with E-state index in [-0.39, 0.29) is 69.3 Å². The van der Waals surface area contributed by atoms with Crippen molar-refractivity contribution in [3.8, 4) is 5.75 Å². The summed E-state index contributed by atoms with van der Waals surface area (Å²) in [6, 6.07) is 3.51. The van der Waals surface area contributed by atoms with Crippen molar-refractivity contribution < 1.29 is 38.0 Å². The molecule has 1 aliphatic heterocycles. The maximum absolute atomic E-state index is 13.0. The number of carbonyl (C=O) groups excluding carboxylic acids is 3. The highest BCUT2D eigenvalue weighted by Crippen LogP contribution is 2.41. The fourth-order valence-electron chi connectivity index (χ4n) is 5.43. The van der Waals surface area contributed by atoms with Crippen molar-refractivity contribution in [1.29, 1.82) is 0 Å². The largest absolute Gasteiger partial charge is 0.507 e. The van der Waals surface area contributed by atoms with Crippen LogP contribution in [0.1, 0.15) is 70.6 Å². The van der Waals surface area contributed by atoms with Gasteiger partial charge in [-0.05, 0) is 75.0 Å². The molecule has 188 valence electrons. The van der Waals surface area contributed by atoms with Crippen molar-refractivity contribution in [1.82, 2.24) is 0 Å². The zero-order chi connectivity index (χ0) is 23.3. The van der Waals surface area contributed by atoms with Crippen LogP contribution in [0.15, 0.2) is 12.1 Å². The molecular formula is C25H41NO7. The fourth-order valence-corrected chi connectivity index (χ4v) is 5.43. The Morgan fingerprint density at radius 2 is 1.85 bits per heavy atom. The van der Waals surface area contributed by atoms with E-state index in [1.54, 1.807) is 6.07 Å². The van der Waals surface area contributed by atoms with Gasteiger partial charge in [0, 0.05) is 40.6 Å². The molecule has 33 heavy (non-hydrogen) atoms. The van der Waals surface area contributed by atoms with Crippen LogP contribution in [0.4, 0.5) is 5.69 Å². The Balaban J connectivity index is 0.00000385. The Labute approximate surface area is 197 Å². The molecule has 1 aliphatic carbocycles. The molecule has 8 heteroatoms. The number of aliphatic hydroxyl groups is 2. The lowest BCUT2D eigenvalue weighted by Crippen LogP contribution is -2.34. The van der Waals surface area contributed by atoms with Crippen LogP contribution in [-0.4, -0.2) is 64.4 Å². The second-order valence-electron chi connectivity index (χ2n) is 9.34. The van der Waals surface area contributed by atoms with E-state index in [2.05, 4.69) is 4.90 Å². The molecule has 2 aliphatic rings. The van der Waals surface area contributed by atoms with E-state index in [0.29, 0.717) is 24.8 Å². The average Bonchev–Trinajstić information content (AvgIpc) is 2.74. The molecular weight excluding hydrogens is 426 g/mol. The van der Waals surface area contributed by atoms with Gasteiger partial charge in [-0.3, -0.25) is 14.4 Å². The molecule has 1 saturated heterocycles. The zero-order valence-corrected chi connectivity index (χ0v) is 19.4. The van der Waals surface area contributed by atoms with Gasteiger partial charge >= 0.3 is 0 Å². The number of rotatable bonds is 10. The van der Waals surface area contributed by atoms with E-state index < -0.39 is 5.92 Å². The average molecular weight is 468 g/mol. The van der Waals surface area contributed by atoms with Gasteiger partial charge in [0.1, 0.15) is 17.3 Å². The fraction of sp³-hybridized carbons (Fsp3) is 0.640. The quantitative estimate of drug-likeness (QED) is 0.447. The summed E-state index contributed by atoms with van der Waals surface area (Å²) in [5, 5.41) is 29.8. The van der Waals surface area contributed by atoms with Gasteiger partial charge in [-0.15, -0.1) is 0 Å². The van der Waals surface area contributed by atoms with Gasteiger partial charge in [-0.25, -0.2) is 0 Å². The normalized spacial score (nSPS) is 19.9. The second-order valence-corrected chi connectivity index (χ2v) is 9.34. The first-order chi connectivity index (χ1) is 15.3. The molecule has 0 bridgehead atoms. The number of piperidine rings is 1. The number of aliphatic hydroxyl groups excluding tert-OH is 2. The highest BCUT2D eigenvalue weighted by Gasteiger charge is 2.35. The number of nitrogens with zero attached hydrogens (tertiary/aromatic N) is 1. The topological polar surface area (TPSA) is 147 Å². The number of phenolic OH excluding ortho intramolecular Hbond substituents is 1. The first-order valence-corrected chi connectivity index (χ1v) is 11.7. The number of phenols is 1. The van der Waals surface area contributed by atoms with Gasteiger partial charge in [0.05, 0.1) is 18.6 Å². The van der Waals surface area contributed by atoms with Crippen molar-refractivity contribution in [2.24, 2.45) is 17.8 Å². The summed E-state index contributed by atoms with van der Waals surface area (Å²) in [6.45, 7) is 2.68. The van der Waals surface area contributed by atoms with Gasteiger partial charge in [-0.2, -0.15) is 0 Å². The molecule has 0 saturated carbocycles. The third-order valence-electron chi connectivity index (χ3n) is 6.95. The summed E-state index contributed by atoms with van der Waals surface area (Å²) in [5.41, 5.74) is 2.28. The Morgan fingerprint density at radius 1 is 1.15 bits per heavy atom. The van der Waals surface area contributed by atoms with E-state index in [9.17, 15) is 29.7 Å². The molecule has 0 spiro atoms. The smallest absolute Gasteiger partial charge is 0.167 e. The Kier molecular flexibility index (Phi) is 10.0. The number of hydrogen-bond donors (Lipinski definition) is 3. The predicted molar refractivity (Wildman–Crippen MR) is 129 cm³/mol. The van der Waals surface area contributed by atoms with Crippen LogP contribution in [0.2, 0.25) is 0 Å². The van der Waals surface area contributed by atoms with Crippen molar-refractivity contribution in [2.45, 2.75) is 58.3 Å².